The van der Waals surface area contributed by atoms with Crippen LogP contribution in [0.4, 0.5) is 0 Å². The van der Waals surface area contributed by atoms with Crippen LogP contribution in [0.1, 0.15) is 12.0 Å². The molecule has 0 fully saturated rings. The number of nitrogens with zero attached hydrogens (tertiary/aromatic N) is 2. The van der Waals surface area contributed by atoms with E-state index in [0.717, 1.165) is 43.0 Å². The lowest BCUT2D eigenvalue weighted by Crippen LogP contribution is -2.23. The summed E-state index contributed by atoms with van der Waals surface area (Å²) in [6, 6.07) is 17.8. The molecule has 0 saturated heterocycles. The van der Waals surface area contributed by atoms with Crippen LogP contribution in [-0.4, -0.2) is 51.0 Å². The molecule has 162 valence electrons. The predicted molar refractivity (Wildman–Crippen MR) is 120 cm³/mol. The normalized spacial score (nSPS) is 10.5. The molecular formula is C23H29ClN2O4. The van der Waals surface area contributed by atoms with Gasteiger partial charge in [0.1, 0.15) is 0 Å². The number of hydrogen-bond donors (Lipinski definition) is 0. The molecule has 0 amide bonds. The van der Waals surface area contributed by atoms with Gasteiger partial charge in [0.05, 0.1) is 20.8 Å². The van der Waals surface area contributed by atoms with Gasteiger partial charge in [-0.2, -0.15) is 0 Å². The van der Waals surface area contributed by atoms with E-state index in [9.17, 15) is 0 Å². The number of aromatic nitrogens is 1. The van der Waals surface area contributed by atoms with Gasteiger partial charge in [-0.25, -0.2) is 0 Å². The van der Waals surface area contributed by atoms with Crippen molar-refractivity contribution in [3.05, 3.63) is 60.2 Å². The second-order valence-corrected chi connectivity index (χ2v) is 6.84. The zero-order chi connectivity index (χ0) is 20.5. The average molecular weight is 433 g/mol. The highest BCUT2D eigenvalue weighted by Crippen LogP contribution is 2.27. The molecule has 7 heteroatoms. The molecule has 3 aromatic rings. The molecule has 0 aliphatic rings. The van der Waals surface area contributed by atoms with Crippen LogP contribution in [0.5, 0.6) is 17.4 Å². The zero-order valence-electron chi connectivity index (χ0n) is 17.7. The molecule has 6 nitrogen and oxygen atoms in total. The van der Waals surface area contributed by atoms with Gasteiger partial charge in [-0.05, 0) is 42.7 Å². The predicted octanol–water partition coefficient (Wildman–Crippen LogP) is 4.72. The molecule has 0 saturated carbocycles. The van der Waals surface area contributed by atoms with E-state index in [1.165, 1.54) is 5.56 Å². The molecule has 1 aromatic heterocycles. The summed E-state index contributed by atoms with van der Waals surface area (Å²) in [7, 11) is 5.42. The Balaban J connectivity index is 0.00000320. The topological polar surface area (TPSA) is 57.0 Å². The largest absolute Gasteiger partial charge is 0.493 e. The van der Waals surface area contributed by atoms with Crippen molar-refractivity contribution in [1.29, 1.82) is 0 Å². The second kappa shape index (κ2) is 12.1. The van der Waals surface area contributed by atoms with Crippen LogP contribution in [-0.2, 0) is 6.42 Å². The molecule has 1 heterocycles. The number of hydrogen-bond acceptors (Lipinski definition) is 6. The van der Waals surface area contributed by atoms with Gasteiger partial charge in [0.2, 0.25) is 0 Å². The van der Waals surface area contributed by atoms with Gasteiger partial charge in [0, 0.05) is 24.7 Å². The van der Waals surface area contributed by atoms with Crippen molar-refractivity contribution >= 4 is 12.4 Å². The van der Waals surface area contributed by atoms with E-state index in [1.807, 2.05) is 48.5 Å². The second-order valence-electron chi connectivity index (χ2n) is 6.84. The van der Waals surface area contributed by atoms with Crippen LogP contribution in [0.2, 0.25) is 0 Å². The smallest absolute Gasteiger partial charge is 0.254 e. The highest BCUT2D eigenvalue weighted by Gasteiger charge is 2.08. The Bertz CT molecular complexity index is 886. The lowest BCUT2D eigenvalue weighted by molar-refractivity contribution is 0.246. The van der Waals surface area contributed by atoms with Crippen LogP contribution in [0.25, 0.3) is 11.3 Å². The van der Waals surface area contributed by atoms with E-state index in [4.69, 9.17) is 18.7 Å². The van der Waals surface area contributed by atoms with Crippen molar-refractivity contribution in [2.24, 2.45) is 0 Å². The van der Waals surface area contributed by atoms with Gasteiger partial charge in [0.15, 0.2) is 17.3 Å². The Morgan fingerprint density at radius 2 is 1.70 bits per heavy atom. The van der Waals surface area contributed by atoms with Gasteiger partial charge in [-0.3, -0.25) is 0 Å². The number of benzene rings is 2. The van der Waals surface area contributed by atoms with Gasteiger partial charge in [-0.1, -0.05) is 36.4 Å². The monoisotopic (exact) mass is 432 g/mol. The lowest BCUT2D eigenvalue weighted by atomic mass is 10.1. The molecule has 2 aromatic carbocycles. The third-order valence-corrected chi connectivity index (χ3v) is 4.71. The van der Waals surface area contributed by atoms with Crippen molar-refractivity contribution in [3.8, 4) is 28.7 Å². The first-order valence-corrected chi connectivity index (χ1v) is 9.74. The first-order chi connectivity index (χ1) is 14.2. The van der Waals surface area contributed by atoms with Crippen LogP contribution in [0, 0.1) is 0 Å². The number of likely N-dealkylation sites (N-methyl/N-ethyl adjacent to an activating group) is 1. The summed E-state index contributed by atoms with van der Waals surface area (Å²) in [5.74, 6) is 2.76. The Labute approximate surface area is 184 Å². The summed E-state index contributed by atoms with van der Waals surface area (Å²) in [5.41, 5.74) is 2.21. The van der Waals surface area contributed by atoms with E-state index < -0.39 is 0 Å². The van der Waals surface area contributed by atoms with Crippen molar-refractivity contribution in [2.75, 3.05) is 41.0 Å². The maximum Gasteiger partial charge on any atom is 0.254 e. The van der Waals surface area contributed by atoms with Gasteiger partial charge >= 0.3 is 0 Å². The Hall–Kier alpha value is -2.70. The van der Waals surface area contributed by atoms with Crippen molar-refractivity contribution < 1.29 is 18.7 Å². The minimum Gasteiger partial charge on any atom is -0.493 e. The van der Waals surface area contributed by atoms with Crippen LogP contribution in [0.15, 0.2) is 59.1 Å². The Kier molecular flexibility index (Phi) is 9.51. The molecule has 0 bridgehead atoms. The number of ether oxygens (including phenoxy) is 3. The molecule has 0 atom stereocenters. The zero-order valence-corrected chi connectivity index (χ0v) is 18.5. The highest BCUT2D eigenvalue weighted by atomic mass is 35.5. The Morgan fingerprint density at radius 1 is 0.933 bits per heavy atom. The minimum atomic E-state index is 0. The fourth-order valence-electron chi connectivity index (χ4n) is 3.04. The first kappa shape index (κ1) is 23.6. The summed E-state index contributed by atoms with van der Waals surface area (Å²) in [6.07, 6.45) is 1.86. The lowest BCUT2D eigenvalue weighted by Gasteiger charge is -2.17. The third kappa shape index (κ3) is 6.68. The fourth-order valence-corrected chi connectivity index (χ4v) is 3.04. The summed E-state index contributed by atoms with van der Waals surface area (Å²) in [6.45, 7) is 2.50. The summed E-state index contributed by atoms with van der Waals surface area (Å²) >= 11 is 0. The standard InChI is InChI=1S/C23H28N2O4.ClH/c1-25(14-12-18-10-11-20(26-2)22(16-18)27-3)13-7-15-28-23-17-21(29-24-23)19-8-5-4-6-9-19;/h4-6,8-11,16-17H,7,12-15H2,1-3H3;1H. The van der Waals surface area contributed by atoms with Gasteiger partial charge in [-0.15, -0.1) is 12.4 Å². The molecule has 0 spiro atoms. The minimum absolute atomic E-state index is 0. The summed E-state index contributed by atoms with van der Waals surface area (Å²) < 4.78 is 21.7. The number of rotatable bonds is 11. The first-order valence-electron chi connectivity index (χ1n) is 9.74. The Morgan fingerprint density at radius 3 is 2.43 bits per heavy atom. The van der Waals surface area contributed by atoms with E-state index in [1.54, 1.807) is 14.2 Å². The third-order valence-electron chi connectivity index (χ3n) is 4.71. The molecule has 30 heavy (non-hydrogen) atoms. The van der Waals surface area contributed by atoms with E-state index in [2.05, 4.69) is 23.2 Å². The van der Waals surface area contributed by atoms with Crippen molar-refractivity contribution in [3.63, 3.8) is 0 Å². The summed E-state index contributed by atoms with van der Waals surface area (Å²) in [5, 5.41) is 3.98. The maximum absolute atomic E-state index is 5.72. The maximum atomic E-state index is 5.72. The molecule has 0 aliphatic heterocycles. The molecule has 3 rings (SSSR count). The molecule has 0 radical (unpaired) electrons. The van der Waals surface area contributed by atoms with E-state index in [0.29, 0.717) is 18.2 Å². The molecule has 0 aliphatic carbocycles. The van der Waals surface area contributed by atoms with E-state index >= 15 is 0 Å². The fraction of sp³-hybridized carbons (Fsp3) is 0.348. The highest BCUT2D eigenvalue weighted by molar-refractivity contribution is 5.85. The average Bonchev–Trinajstić information content (AvgIpc) is 3.24. The molecule has 0 N–H and O–H groups in total. The SMILES string of the molecule is COc1ccc(CCN(C)CCCOc2cc(-c3ccccc3)on2)cc1OC.Cl. The van der Waals surface area contributed by atoms with Crippen molar-refractivity contribution in [1.82, 2.24) is 10.1 Å². The molecular weight excluding hydrogens is 404 g/mol. The van der Waals surface area contributed by atoms with Crippen LogP contribution in [0.3, 0.4) is 0 Å². The van der Waals surface area contributed by atoms with Crippen LogP contribution >= 0.6 is 12.4 Å². The van der Waals surface area contributed by atoms with Gasteiger partial charge < -0.3 is 23.6 Å². The number of methoxy groups -OCH3 is 2. The quantitative estimate of drug-likeness (QED) is 0.408. The number of halogens is 1. The van der Waals surface area contributed by atoms with E-state index in [-0.39, 0.29) is 12.4 Å². The van der Waals surface area contributed by atoms with Crippen molar-refractivity contribution in [2.45, 2.75) is 12.8 Å². The molecule has 0 unspecified atom stereocenters. The van der Waals surface area contributed by atoms with Gasteiger partial charge in [0.25, 0.3) is 5.88 Å². The summed E-state index contributed by atoms with van der Waals surface area (Å²) in [4.78, 5) is 2.29. The van der Waals surface area contributed by atoms with Crippen LogP contribution < -0.4 is 14.2 Å².